The lowest BCUT2D eigenvalue weighted by atomic mass is 10.2. The van der Waals surface area contributed by atoms with Crippen LogP contribution in [0.5, 0.6) is 0 Å². The van der Waals surface area contributed by atoms with Crippen molar-refractivity contribution in [3.63, 3.8) is 0 Å². The summed E-state index contributed by atoms with van der Waals surface area (Å²) in [4.78, 5) is 14.7. The van der Waals surface area contributed by atoms with Crippen molar-refractivity contribution in [3.05, 3.63) is 29.4 Å². The molecular formula is C12H13ClN2O. The first-order chi connectivity index (χ1) is 7.58. The van der Waals surface area contributed by atoms with Crippen molar-refractivity contribution in [1.29, 1.82) is 0 Å². The minimum atomic E-state index is -0.0378. The lowest BCUT2D eigenvalue weighted by molar-refractivity contribution is -0.118. The number of rotatable bonds is 2. The van der Waals surface area contributed by atoms with Gasteiger partial charge in [-0.1, -0.05) is 25.4 Å². The van der Waals surface area contributed by atoms with E-state index in [9.17, 15) is 4.79 Å². The molecular weight excluding hydrogens is 224 g/mol. The van der Waals surface area contributed by atoms with E-state index in [-0.39, 0.29) is 11.8 Å². The highest BCUT2D eigenvalue weighted by molar-refractivity contribution is 6.31. The number of benzene rings is 1. The Balaban J connectivity index is 2.38. The van der Waals surface area contributed by atoms with Crippen LogP contribution in [0.1, 0.15) is 13.8 Å². The van der Waals surface area contributed by atoms with Crippen LogP contribution in [0.3, 0.4) is 0 Å². The number of fused-ring (bicyclic) bond motifs is 1. The Kier molecular flexibility index (Phi) is 2.88. The lowest BCUT2D eigenvalue weighted by Gasteiger charge is -2.06. The third kappa shape index (κ3) is 2.04. The van der Waals surface area contributed by atoms with Gasteiger partial charge in [0.2, 0.25) is 5.91 Å². The second kappa shape index (κ2) is 4.18. The third-order valence-corrected chi connectivity index (χ3v) is 2.66. The number of hydrogen-bond donors (Lipinski definition) is 2. The number of aromatic amines is 1. The summed E-state index contributed by atoms with van der Waals surface area (Å²) in [5.41, 5.74) is 1.74. The molecule has 1 amide bonds. The van der Waals surface area contributed by atoms with Gasteiger partial charge in [-0.2, -0.15) is 0 Å². The summed E-state index contributed by atoms with van der Waals surface area (Å²) in [5, 5.41) is 4.45. The molecule has 4 heteroatoms. The van der Waals surface area contributed by atoms with E-state index < -0.39 is 0 Å². The summed E-state index contributed by atoms with van der Waals surface area (Å²) in [5.74, 6) is -0.0370. The van der Waals surface area contributed by atoms with Gasteiger partial charge in [-0.15, -0.1) is 0 Å². The van der Waals surface area contributed by atoms with E-state index in [1.807, 2.05) is 32.0 Å². The van der Waals surface area contributed by atoms with Crippen molar-refractivity contribution in [3.8, 4) is 0 Å². The molecule has 84 valence electrons. The maximum atomic E-state index is 11.6. The van der Waals surface area contributed by atoms with Crippen molar-refractivity contribution < 1.29 is 4.79 Å². The van der Waals surface area contributed by atoms with Crippen molar-refractivity contribution in [1.82, 2.24) is 4.98 Å². The van der Waals surface area contributed by atoms with Crippen molar-refractivity contribution >= 4 is 34.1 Å². The maximum Gasteiger partial charge on any atom is 0.226 e. The number of anilines is 1. The van der Waals surface area contributed by atoms with Crippen LogP contribution in [-0.4, -0.2) is 10.9 Å². The highest BCUT2D eigenvalue weighted by Gasteiger charge is 2.10. The van der Waals surface area contributed by atoms with Gasteiger partial charge in [0, 0.05) is 28.0 Å². The van der Waals surface area contributed by atoms with E-state index in [1.165, 1.54) is 0 Å². The molecule has 0 aliphatic heterocycles. The second-order valence-electron chi connectivity index (χ2n) is 4.04. The van der Waals surface area contributed by atoms with Crippen LogP contribution in [0.4, 0.5) is 5.69 Å². The average molecular weight is 237 g/mol. The van der Waals surface area contributed by atoms with Gasteiger partial charge in [-0.25, -0.2) is 0 Å². The van der Waals surface area contributed by atoms with Gasteiger partial charge < -0.3 is 10.3 Å². The van der Waals surface area contributed by atoms with Gasteiger partial charge in [0.25, 0.3) is 0 Å². The molecule has 0 spiro atoms. The van der Waals surface area contributed by atoms with Gasteiger partial charge in [0.05, 0.1) is 5.69 Å². The number of carbonyl (C=O) groups is 1. The molecule has 3 nitrogen and oxygen atoms in total. The number of carbonyl (C=O) groups excluding carboxylic acids is 1. The minimum Gasteiger partial charge on any atom is -0.359 e. The fourth-order valence-electron chi connectivity index (χ4n) is 1.47. The summed E-state index contributed by atoms with van der Waals surface area (Å²) in [7, 11) is 0. The Morgan fingerprint density at radius 2 is 2.19 bits per heavy atom. The predicted octanol–water partition coefficient (Wildman–Crippen LogP) is 3.42. The number of hydrogen-bond acceptors (Lipinski definition) is 1. The Morgan fingerprint density at radius 1 is 1.44 bits per heavy atom. The first-order valence-corrected chi connectivity index (χ1v) is 5.53. The molecule has 16 heavy (non-hydrogen) atoms. The second-order valence-corrected chi connectivity index (χ2v) is 4.47. The molecule has 0 unspecified atom stereocenters. The van der Waals surface area contributed by atoms with Crippen LogP contribution >= 0.6 is 11.6 Å². The molecule has 0 atom stereocenters. The number of aromatic nitrogens is 1. The Hall–Kier alpha value is -1.48. The normalized spacial score (nSPS) is 11.0. The smallest absolute Gasteiger partial charge is 0.226 e. The largest absolute Gasteiger partial charge is 0.359 e. The minimum absolute atomic E-state index is 0.000811. The third-order valence-electron chi connectivity index (χ3n) is 2.43. The summed E-state index contributed by atoms with van der Waals surface area (Å²) in [6.07, 6.45) is 1.78. The highest BCUT2D eigenvalue weighted by atomic mass is 35.5. The number of H-pyrrole nitrogens is 1. The fraction of sp³-hybridized carbons (Fsp3) is 0.250. The molecule has 2 rings (SSSR count). The maximum absolute atomic E-state index is 11.6. The van der Waals surface area contributed by atoms with E-state index in [1.54, 1.807) is 6.20 Å². The predicted molar refractivity (Wildman–Crippen MR) is 66.8 cm³/mol. The number of halogens is 1. The van der Waals surface area contributed by atoms with Gasteiger partial charge in [0.1, 0.15) is 0 Å². The van der Waals surface area contributed by atoms with Crippen molar-refractivity contribution in [2.24, 2.45) is 5.92 Å². The van der Waals surface area contributed by atoms with E-state index in [0.29, 0.717) is 5.02 Å². The summed E-state index contributed by atoms with van der Waals surface area (Å²) in [6, 6.07) is 5.54. The molecule has 2 aromatic rings. The number of amides is 1. The Bertz CT molecular complexity index is 531. The van der Waals surface area contributed by atoms with E-state index in [2.05, 4.69) is 10.3 Å². The molecule has 0 aliphatic rings. The molecule has 0 aliphatic carbocycles. The molecule has 0 radical (unpaired) electrons. The standard InChI is InChI=1S/C12H13ClN2O/c1-7(2)12(16)15-11-6-14-10-4-3-8(13)5-9(10)11/h3-7,14H,1-2H3,(H,15,16). The van der Waals surface area contributed by atoms with Gasteiger partial charge in [0.15, 0.2) is 0 Å². The fourth-order valence-corrected chi connectivity index (χ4v) is 1.65. The number of nitrogens with one attached hydrogen (secondary N) is 2. The van der Waals surface area contributed by atoms with E-state index in [0.717, 1.165) is 16.6 Å². The molecule has 2 N–H and O–H groups in total. The van der Waals surface area contributed by atoms with Gasteiger partial charge >= 0.3 is 0 Å². The Morgan fingerprint density at radius 3 is 2.88 bits per heavy atom. The topological polar surface area (TPSA) is 44.9 Å². The molecule has 1 aromatic heterocycles. The molecule has 1 heterocycles. The van der Waals surface area contributed by atoms with Crippen LogP contribution in [0.2, 0.25) is 5.02 Å². The monoisotopic (exact) mass is 236 g/mol. The van der Waals surface area contributed by atoms with Crippen LogP contribution in [0, 0.1) is 5.92 Å². The molecule has 0 fully saturated rings. The van der Waals surface area contributed by atoms with E-state index in [4.69, 9.17) is 11.6 Å². The summed E-state index contributed by atoms with van der Waals surface area (Å²) < 4.78 is 0. The van der Waals surface area contributed by atoms with Gasteiger partial charge in [-0.05, 0) is 18.2 Å². The van der Waals surface area contributed by atoms with Crippen molar-refractivity contribution in [2.75, 3.05) is 5.32 Å². The first kappa shape index (κ1) is 11.0. The quantitative estimate of drug-likeness (QED) is 0.825. The van der Waals surface area contributed by atoms with E-state index >= 15 is 0 Å². The molecule has 0 saturated heterocycles. The summed E-state index contributed by atoms with van der Waals surface area (Å²) >= 11 is 5.92. The van der Waals surface area contributed by atoms with Gasteiger partial charge in [-0.3, -0.25) is 4.79 Å². The van der Waals surface area contributed by atoms with Crippen molar-refractivity contribution in [2.45, 2.75) is 13.8 Å². The van der Waals surface area contributed by atoms with Crippen LogP contribution in [0.15, 0.2) is 24.4 Å². The first-order valence-electron chi connectivity index (χ1n) is 5.15. The Labute approximate surface area is 98.8 Å². The zero-order valence-electron chi connectivity index (χ0n) is 9.17. The van der Waals surface area contributed by atoms with Crippen LogP contribution in [-0.2, 0) is 4.79 Å². The SMILES string of the molecule is CC(C)C(=O)Nc1c[nH]c2ccc(Cl)cc12. The van der Waals surface area contributed by atoms with Crippen LogP contribution in [0.25, 0.3) is 10.9 Å². The zero-order valence-corrected chi connectivity index (χ0v) is 9.93. The highest BCUT2D eigenvalue weighted by Crippen LogP contribution is 2.26. The average Bonchev–Trinajstić information content (AvgIpc) is 2.61. The molecule has 1 aromatic carbocycles. The molecule has 0 saturated carbocycles. The lowest BCUT2D eigenvalue weighted by Crippen LogP contribution is -2.17. The summed E-state index contributed by atoms with van der Waals surface area (Å²) in [6.45, 7) is 3.72. The molecule has 0 bridgehead atoms. The zero-order chi connectivity index (χ0) is 11.7. The van der Waals surface area contributed by atoms with Crippen LogP contribution < -0.4 is 5.32 Å².